The van der Waals surface area contributed by atoms with Gasteiger partial charge in [0.05, 0.1) is 18.0 Å². The molecule has 1 aromatic heterocycles. The van der Waals surface area contributed by atoms with E-state index in [1.807, 2.05) is 0 Å². The minimum absolute atomic E-state index is 0.110. The molecule has 1 aromatic carbocycles. The van der Waals surface area contributed by atoms with Crippen LogP contribution in [0.25, 0.3) is 0 Å². The Bertz CT molecular complexity index is 773. The van der Waals surface area contributed by atoms with E-state index in [-0.39, 0.29) is 17.9 Å². The van der Waals surface area contributed by atoms with Crippen LogP contribution in [0, 0.1) is 0 Å². The van der Waals surface area contributed by atoms with Crippen molar-refractivity contribution in [3.05, 3.63) is 48.2 Å². The predicted octanol–water partition coefficient (Wildman–Crippen LogP) is 3.83. The Morgan fingerprint density at radius 2 is 1.96 bits per heavy atom. The van der Waals surface area contributed by atoms with Crippen molar-refractivity contribution in [3.63, 3.8) is 0 Å². The van der Waals surface area contributed by atoms with Crippen molar-refractivity contribution in [2.75, 3.05) is 25.1 Å². The largest absolute Gasteiger partial charge is 0.491 e. The number of rotatable bonds is 7. The molecule has 0 radical (unpaired) electrons. The second-order valence-corrected chi connectivity index (χ2v) is 6.21. The fourth-order valence-electron chi connectivity index (χ4n) is 2.57. The summed E-state index contributed by atoms with van der Waals surface area (Å²) in [5.74, 6) is 0.0828. The summed E-state index contributed by atoms with van der Waals surface area (Å²) in [6.07, 6.45) is -1.08. The van der Waals surface area contributed by atoms with Crippen LogP contribution in [0.1, 0.15) is 23.2 Å². The number of nitrogens with zero attached hydrogens (tertiary/aromatic N) is 1. The number of hydrogen-bond acceptors (Lipinski definition) is 5. The number of amides is 1. The fraction of sp³-hybridized carbons (Fsp3) is 0.368. The first kappa shape index (κ1) is 19.9. The van der Waals surface area contributed by atoms with E-state index < -0.39 is 12.8 Å². The van der Waals surface area contributed by atoms with E-state index in [1.54, 1.807) is 24.3 Å². The third-order valence-corrected chi connectivity index (χ3v) is 3.95. The van der Waals surface area contributed by atoms with Crippen molar-refractivity contribution >= 4 is 11.6 Å². The number of anilines is 1. The Morgan fingerprint density at radius 1 is 1.18 bits per heavy atom. The number of aromatic nitrogens is 1. The summed E-state index contributed by atoms with van der Waals surface area (Å²) in [5, 5.41) is 2.61. The van der Waals surface area contributed by atoms with Crippen molar-refractivity contribution in [1.82, 2.24) is 4.98 Å². The average Bonchev–Trinajstić information content (AvgIpc) is 3.19. The van der Waals surface area contributed by atoms with Gasteiger partial charge in [-0.05, 0) is 43.2 Å². The molecule has 1 saturated heterocycles. The zero-order chi connectivity index (χ0) is 20.0. The maximum absolute atomic E-state index is 12.3. The number of nitrogens with one attached hydrogen (secondary N) is 1. The van der Waals surface area contributed by atoms with Gasteiger partial charge >= 0.3 is 6.18 Å². The summed E-state index contributed by atoms with van der Waals surface area (Å²) in [6.45, 7) is -0.190. The second-order valence-electron chi connectivity index (χ2n) is 6.21. The zero-order valence-electron chi connectivity index (χ0n) is 14.9. The van der Waals surface area contributed by atoms with Gasteiger partial charge in [0.25, 0.3) is 5.91 Å². The average molecular weight is 396 g/mol. The van der Waals surface area contributed by atoms with Crippen molar-refractivity contribution in [2.24, 2.45) is 0 Å². The second kappa shape index (κ2) is 8.92. The number of alkyl halides is 3. The number of hydrogen-bond donors (Lipinski definition) is 1. The molecule has 1 fully saturated rings. The molecule has 0 bridgehead atoms. The summed E-state index contributed by atoms with van der Waals surface area (Å²) < 4.78 is 52.0. The molecule has 150 valence electrons. The predicted molar refractivity (Wildman–Crippen MR) is 94.7 cm³/mol. The normalized spacial score (nSPS) is 16.6. The van der Waals surface area contributed by atoms with Crippen molar-refractivity contribution < 1.29 is 32.2 Å². The molecule has 2 heterocycles. The van der Waals surface area contributed by atoms with E-state index in [9.17, 15) is 18.0 Å². The third-order valence-electron chi connectivity index (χ3n) is 3.95. The maximum atomic E-state index is 12.3. The maximum Gasteiger partial charge on any atom is 0.422 e. The summed E-state index contributed by atoms with van der Waals surface area (Å²) in [5.41, 5.74) is 0.741. The van der Waals surface area contributed by atoms with Crippen LogP contribution in [0.2, 0.25) is 0 Å². The lowest BCUT2D eigenvalue weighted by atomic mass is 10.2. The van der Waals surface area contributed by atoms with Crippen LogP contribution >= 0.6 is 0 Å². The summed E-state index contributed by atoms with van der Waals surface area (Å²) in [7, 11) is 0. The van der Waals surface area contributed by atoms with Gasteiger partial charge in [0.2, 0.25) is 5.88 Å². The number of halogens is 3. The topological polar surface area (TPSA) is 69.7 Å². The quantitative estimate of drug-likeness (QED) is 0.770. The monoisotopic (exact) mass is 396 g/mol. The molecular formula is C19H19F3N2O4. The van der Waals surface area contributed by atoms with Crippen LogP contribution in [0.3, 0.4) is 0 Å². The molecule has 2 aromatic rings. The molecule has 1 N–H and O–H groups in total. The molecule has 0 aliphatic carbocycles. The molecule has 0 saturated carbocycles. The molecule has 1 atom stereocenters. The van der Waals surface area contributed by atoms with Crippen LogP contribution in [0.5, 0.6) is 11.6 Å². The minimum atomic E-state index is -4.44. The first-order chi connectivity index (χ1) is 13.4. The van der Waals surface area contributed by atoms with Gasteiger partial charge in [0.15, 0.2) is 6.61 Å². The lowest BCUT2D eigenvalue weighted by Crippen LogP contribution is -2.19. The van der Waals surface area contributed by atoms with Crippen molar-refractivity contribution in [1.29, 1.82) is 0 Å². The van der Waals surface area contributed by atoms with E-state index in [0.717, 1.165) is 19.4 Å². The van der Waals surface area contributed by atoms with E-state index in [0.29, 0.717) is 23.6 Å². The number of pyridine rings is 1. The smallest absolute Gasteiger partial charge is 0.422 e. The van der Waals surface area contributed by atoms with Crippen LogP contribution in [-0.4, -0.2) is 43.0 Å². The van der Waals surface area contributed by atoms with Gasteiger partial charge in [-0.3, -0.25) is 4.79 Å². The zero-order valence-corrected chi connectivity index (χ0v) is 14.9. The van der Waals surface area contributed by atoms with E-state index in [1.165, 1.54) is 18.3 Å². The molecule has 1 unspecified atom stereocenters. The first-order valence-electron chi connectivity index (χ1n) is 8.70. The highest BCUT2D eigenvalue weighted by atomic mass is 19.4. The van der Waals surface area contributed by atoms with Gasteiger partial charge in [-0.25, -0.2) is 4.98 Å². The Morgan fingerprint density at radius 3 is 2.57 bits per heavy atom. The van der Waals surface area contributed by atoms with Gasteiger partial charge in [-0.2, -0.15) is 13.2 Å². The molecule has 3 rings (SSSR count). The van der Waals surface area contributed by atoms with Crippen LogP contribution in [-0.2, 0) is 4.74 Å². The van der Waals surface area contributed by atoms with Crippen LogP contribution in [0.4, 0.5) is 18.9 Å². The molecule has 6 nitrogen and oxygen atoms in total. The van der Waals surface area contributed by atoms with Gasteiger partial charge in [0, 0.05) is 18.2 Å². The molecule has 1 amide bonds. The molecule has 28 heavy (non-hydrogen) atoms. The molecule has 1 aliphatic heterocycles. The Labute approximate surface area is 159 Å². The first-order valence-corrected chi connectivity index (χ1v) is 8.70. The van der Waals surface area contributed by atoms with Gasteiger partial charge < -0.3 is 19.5 Å². The summed E-state index contributed by atoms with van der Waals surface area (Å²) in [4.78, 5) is 16.0. The van der Waals surface area contributed by atoms with E-state index >= 15 is 0 Å². The third kappa shape index (κ3) is 6.12. The number of carbonyl (C=O) groups is 1. The van der Waals surface area contributed by atoms with Crippen LogP contribution in [0.15, 0.2) is 42.6 Å². The van der Waals surface area contributed by atoms with Crippen molar-refractivity contribution in [3.8, 4) is 11.6 Å². The van der Waals surface area contributed by atoms with Crippen molar-refractivity contribution in [2.45, 2.75) is 25.1 Å². The van der Waals surface area contributed by atoms with Gasteiger partial charge in [-0.15, -0.1) is 0 Å². The highest BCUT2D eigenvalue weighted by molar-refractivity contribution is 6.04. The number of ether oxygens (including phenoxy) is 3. The SMILES string of the molecule is O=C(Nc1ccc(OCC(F)(F)F)nc1)c1ccc(OCC2CCCO2)cc1. The Hall–Kier alpha value is -2.81. The Kier molecular flexibility index (Phi) is 6.35. The van der Waals surface area contributed by atoms with Gasteiger partial charge in [-0.1, -0.05) is 0 Å². The Balaban J connectivity index is 1.49. The molecular weight excluding hydrogens is 377 g/mol. The van der Waals surface area contributed by atoms with Gasteiger partial charge in [0.1, 0.15) is 12.4 Å². The molecule has 0 spiro atoms. The summed E-state index contributed by atoms with van der Waals surface area (Å²) in [6, 6.07) is 9.29. The summed E-state index contributed by atoms with van der Waals surface area (Å²) >= 11 is 0. The lowest BCUT2D eigenvalue weighted by Gasteiger charge is -2.12. The minimum Gasteiger partial charge on any atom is -0.491 e. The van der Waals surface area contributed by atoms with E-state index in [2.05, 4.69) is 15.0 Å². The highest BCUT2D eigenvalue weighted by Gasteiger charge is 2.28. The van der Waals surface area contributed by atoms with Crippen LogP contribution < -0.4 is 14.8 Å². The highest BCUT2D eigenvalue weighted by Crippen LogP contribution is 2.19. The fourth-order valence-corrected chi connectivity index (χ4v) is 2.57. The number of benzene rings is 1. The van der Waals surface area contributed by atoms with E-state index in [4.69, 9.17) is 9.47 Å². The number of carbonyl (C=O) groups excluding carboxylic acids is 1. The lowest BCUT2D eigenvalue weighted by molar-refractivity contribution is -0.154. The molecule has 9 heteroatoms. The molecule has 1 aliphatic rings. The standard InChI is InChI=1S/C19H19F3N2O4/c20-19(21,22)12-28-17-8-5-14(10-23-17)24-18(25)13-3-6-15(7-4-13)27-11-16-2-1-9-26-16/h3-8,10,16H,1-2,9,11-12H2,(H,24,25).